The third kappa shape index (κ3) is 2.89. The Hall–Kier alpha value is -2.96. The number of anilines is 1. The quantitative estimate of drug-likeness (QED) is 0.677. The van der Waals surface area contributed by atoms with Crippen LogP contribution in [0.15, 0.2) is 36.5 Å². The number of hydrogen-bond acceptors (Lipinski definition) is 6. The lowest BCUT2D eigenvalue weighted by atomic mass is 10.2. The molecule has 0 aliphatic heterocycles. The summed E-state index contributed by atoms with van der Waals surface area (Å²) in [6.45, 7) is 1.86. The van der Waals surface area contributed by atoms with E-state index in [-0.39, 0.29) is 17.5 Å². The summed E-state index contributed by atoms with van der Waals surface area (Å²) in [5.41, 5.74) is 5.88. The third-order valence-corrected chi connectivity index (χ3v) is 2.42. The van der Waals surface area contributed by atoms with E-state index in [9.17, 15) is 10.1 Å². The Morgan fingerprint density at radius 1 is 1.40 bits per heavy atom. The molecule has 0 saturated carbocycles. The maximum Gasteiger partial charge on any atom is 0.349 e. The predicted octanol–water partition coefficient (Wildman–Crippen LogP) is 2.79. The molecule has 1 aromatic heterocycles. The molecule has 0 aliphatic carbocycles. The van der Waals surface area contributed by atoms with Gasteiger partial charge in [-0.2, -0.15) is 4.98 Å². The molecule has 0 aliphatic rings. The molecule has 2 aromatic rings. The normalized spacial score (nSPS) is 10.7. The highest BCUT2D eigenvalue weighted by atomic mass is 16.6. The first kappa shape index (κ1) is 13.5. The molecule has 0 atom stereocenters. The number of nitrogens with two attached hydrogens (primary N) is 1. The van der Waals surface area contributed by atoms with Crippen molar-refractivity contribution in [2.75, 3.05) is 5.73 Å². The fourth-order valence-corrected chi connectivity index (χ4v) is 1.57. The van der Waals surface area contributed by atoms with Gasteiger partial charge in [-0.15, -0.1) is 0 Å². The summed E-state index contributed by atoms with van der Waals surface area (Å²) in [4.78, 5) is 17.7. The number of hydrogen-bond donors (Lipinski definition) is 1. The molecule has 1 heterocycles. The van der Waals surface area contributed by atoms with Crippen LogP contribution in [0.25, 0.3) is 6.08 Å². The van der Waals surface area contributed by atoms with Crippen molar-refractivity contribution in [3.05, 3.63) is 52.2 Å². The lowest BCUT2D eigenvalue weighted by Gasteiger charge is -2.08. The molecule has 0 saturated heterocycles. The van der Waals surface area contributed by atoms with Gasteiger partial charge in [0, 0.05) is 5.56 Å². The molecule has 102 valence electrons. The Morgan fingerprint density at radius 2 is 2.15 bits per heavy atom. The number of rotatable bonds is 4. The van der Waals surface area contributed by atoms with Crippen LogP contribution in [-0.2, 0) is 0 Å². The monoisotopic (exact) mass is 272 g/mol. The van der Waals surface area contributed by atoms with Crippen molar-refractivity contribution in [3.63, 3.8) is 0 Å². The Kier molecular flexibility index (Phi) is 3.90. The van der Waals surface area contributed by atoms with Gasteiger partial charge < -0.3 is 10.5 Å². The van der Waals surface area contributed by atoms with Crippen LogP contribution in [-0.4, -0.2) is 14.9 Å². The lowest BCUT2D eigenvalue weighted by Crippen LogP contribution is -2.01. The molecule has 7 heteroatoms. The van der Waals surface area contributed by atoms with Crippen molar-refractivity contribution >= 4 is 17.7 Å². The fraction of sp³-hybridized carbons (Fsp3) is 0.0769. The summed E-state index contributed by atoms with van der Waals surface area (Å²) in [6, 6.07) is 7.12. The SMILES string of the molecule is C/C=C/c1ccccc1Oc1nc(N)ncc1[N+](=O)[O-]. The molecule has 0 spiro atoms. The van der Waals surface area contributed by atoms with Gasteiger partial charge in [-0.05, 0) is 13.0 Å². The van der Waals surface area contributed by atoms with Crippen molar-refractivity contribution in [2.24, 2.45) is 0 Å². The molecule has 20 heavy (non-hydrogen) atoms. The van der Waals surface area contributed by atoms with Crippen LogP contribution >= 0.6 is 0 Å². The number of nitro groups is 1. The van der Waals surface area contributed by atoms with Crippen LogP contribution in [0.5, 0.6) is 11.6 Å². The molecular formula is C13H12N4O3. The molecule has 1 aromatic carbocycles. The molecule has 2 rings (SSSR count). The van der Waals surface area contributed by atoms with Crippen LogP contribution in [0.1, 0.15) is 12.5 Å². The number of aromatic nitrogens is 2. The molecule has 0 bridgehead atoms. The summed E-state index contributed by atoms with van der Waals surface area (Å²) in [7, 11) is 0. The number of para-hydroxylation sites is 1. The van der Waals surface area contributed by atoms with Crippen LogP contribution in [0.4, 0.5) is 11.6 Å². The minimum Gasteiger partial charge on any atom is -0.433 e. The maximum atomic E-state index is 10.9. The van der Waals surface area contributed by atoms with Crippen LogP contribution < -0.4 is 10.5 Å². The minimum absolute atomic E-state index is 0.0888. The Labute approximate surface area is 114 Å². The van der Waals surface area contributed by atoms with Gasteiger partial charge in [0.25, 0.3) is 0 Å². The summed E-state index contributed by atoms with van der Waals surface area (Å²) in [5, 5.41) is 10.9. The Morgan fingerprint density at radius 3 is 2.85 bits per heavy atom. The fourth-order valence-electron chi connectivity index (χ4n) is 1.57. The first-order chi connectivity index (χ1) is 9.61. The molecular weight excluding hydrogens is 260 g/mol. The molecule has 0 radical (unpaired) electrons. The highest BCUT2D eigenvalue weighted by Gasteiger charge is 2.19. The van der Waals surface area contributed by atoms with E-state index in [1.54, 1.807) is 12.1 Å². The molecule has 7 nitrogen and oxygen atoms in total. The Balaban J connectivity index is 2.44. The first-order valence-electron chi connectivity index (χ1n) is 5.78. The summed E-state index contributed by atoms with van der Waals surface area (Å²) in [6.07, 6.45) is 4.69. The van der Waals surface area contributed by atoms with E-state index in [1.165, 1.54) is 0 Å². The standard InChI is InChI=1S/C13H12N4O3/c1-2-5-9-6-3-4-7-11(9)20-12-10(17(18)19)8-15-13(14)16-12/h2-8H,1H3,(H2,14,15,16)/b5-2+. The van der Waals surface area contributed by atoms with Gasteiger partial charge in [0.05, 0.1) is 4.92 Å². The minimum atomic E-state index is -0.618. The van der Waals surface area contributed by atoms with E-state index < -0.39 is 4.92 Å². The van der Waals surface area contributed by atoms with E-state index in [0.29, 0.717) is 5.75 Å². The number of nitrogen functional groups attached to an aromatic ring is 1. The molecule has 0 unspecified atom stereocenters. The average Bonchev–Trinajstić information content (AvgIpc) is 2.41. The lowest BCUT2D eigenvalue weighted by molar-refractivity contribution is -0.386. The zero-order valence-corrected chi connectivity index (χ0v) is 10.7. The number of allylic oxidation sites excluding steroid dienone is 1. The summed E-state index contributed by atoms with van der Waals surface area (Å²) >= 11 is 0. The molecule has 0 fully saturated rings. The Bertz CT molecular complexity index is 670. The highest BCUT2D eigenvalue weighted by molar-refractivity contribution is 5.58. The van der Waals surface area contributed by atoms with Crippen molar-refractivity contribution in [3.8, 4) is 11.6 Å². The van der Waals surface area contributed by atoms with Gasteiger partial charge in [-0.25, -0.2) is 4.98 Å². The van der Waals surface area contributed by atoms with Gasteiger partial charge in [0.1, 0.15) is 11.9 Å². The smallest absolute Gasteiger partial charge is 0.349 e. The van der Waals surface area contributed by atoms with Crippen LogP contribution in [0.2, 0.25) is 0 Å². The van der Waals surface area contributed by atoms with Crippen molar-refractivity contribution in [1.82, 2.24) is 9.97 Å². The van der Waals surface area contributed by atoms with E-state index in [1.807, 2.05) is 31.2 Å². The maximum absolute atomic E-state index is 10.9. The largest absolute Gasteiger partial charge is 0.433 e. The van der Waals surface area contributed by atoms with Gasteiger partial charge in [0.2, 0.25) is 5.95 Å². The zero-order valence-electron chi connectivity index (χ0n) is 10.7. The van der Waals surface area contributed by atoms with Crippen molar-refractivity contribution in [2.45, 2.75) is 6.92 Å². The van der Waals surface area contributed by atoms with Crippen LogP contribution in [0.3, 0.4) is 0 Å². The number of ether oxygens (including phenoxy) is 1. The molecule has 2 N–H and O–H groups in total. The van der Waals surface area contributed by atoms with Gasteiger partial charge >= 0.3 is 11.6 Å². The third-order valence-electron chi connectivity index (χ3n) is 2.42. The number of benzene rings is 1. The zero-order chi connectivity index (χ0) is 14.5. The second kappa shape index (κ2) is 5.79. The van der Waals surface area contributed by atoms with Gasteiger partial charge in [-0.1, -0.05) is 30.4 Å². The molecule has 0 amide bonds. The average molecular weight is 272 g/mol. The second-order valence-corrected chi connectivity index (χ2v) is 3.82. The van der Waals surface area contributed by atoms with Gasteiger partial charge in [0.15, 0.2) is 0 Å². The van der Waals surface area contributed by atoms with E-state index in [2.05, 4.69) is 9.97 Å². The van der Waals surface area contributed by atoms with Gasteiger partial charge in [-0.3, -0.25) is 10.1 Å². The predicted molar refractivity (Wildman–Crippen MR) is 74.3 cm³/mol. The summed E-state index contributed by atoms with van der Waals surface area (Å²) in [5.74, 6) is 0.181. The highest BCUT2D eigenvalue weighted by Crippen LogP contribution is 2.31. The number of nitrogens with zero attached hydrogens (tertiary/aromatic N) is 3. The first-order valence-corrected chi connectivity index (χ1v) is 5.78. The summed E-state index contributed by atoms with van der Waals surface area (Å²) < 4.78 is 5.51. The van der Waals surface area contributed by atoms with Crippen LogP contribution in [0, 0.1) is 10.1 Å². The van der Waals surface area contributed by atoms with E-state index in [4.69, 9.17) is 10.5 Å². The second-order valence-electron chi connectivity index (χ2n) is 3.82. The topological polar surface area (TPSA) is 104 Å². The van der Waals surface area contributed by atoms with E-state index in [0.717, 1.165) is 11.8 Å². The van der Waals surface area contributed by atoms with Crippen molar-refractivity contribution < 1.29 is 9.66 Å². The van der Waals surface area contributed by atoms with E-state index >= 15 is 0 Å². The van der Waals surface area contributed by atoms with Crippen molar-refractivity contribution in [1.29, 1.82) is 0 Å².